The summed E-state index contributed by atoms with van der Waals surface area (Å²) in [7, 11) is 0. The highest BCUT2D eigenvalue weighted by atomic mass is 19.1. The Bertz CT molecular complexity index is 937. The number of unbranched alkanes of at least 4 members (excludes halogenated alkanes) is 1. The molecular formula is C23H30FN3O6. The molecule has 33 heavy (non-hydrogen) atoms. The number of carbonyl (C=O) groups excluding carboxylic acids is 1. The average molecular weight is 464 g/mol. The molecule has 0 aromatic heterocycles. The molecule has 0 aliphatic carbocycles. The maximum Gasteiger partial charge on any atom is 0.333 e. The number of anilines is 1. The first kappa shape index (κ1) is 25.7. The van der Waals surface area contributed by atoms with E-state index in [1.165, 1.54) is 6.07 Å². The van der Waals surface area contributed by atoms with Gasteiger partial charge in [-0.25, -0.2) is 9.18 Å². The number of amidine groups is 1. The summed E-state index contributed by atoms with van der Waals surface area (Å²) >= 11 is 0. The Morgan fingerprint density at radius 1 is 1.15 bits per heavy atom. The summed E-state index contributed by atoms with van der Waals surface area (Å²) in [5.74, 6) is -1.08. The Balaban J connectivity index is 2.42. The minimum absolute atomic E-state index is 0.0109. The molecule has 9 nitrogen and oxygen atoms in total. The van der Waals surface area contributed by atoms with Crippen molar-refractivity contribution < 1.29 is 33.7 Å². The number of oxime groups is 1. The number of hydrogen-bond donors (Lipinski definition) is 4. The smallest absolute Gasteiger partial charge is 0.333 e. The van der Waals surface area contributed by atoms with Gasteiger partial charge in [0, 0.05) is 22.9 Å². The molecule has 0 spiro atoms. The second-order valence-corrected chi connectivity index (χ2v) is 6.99. The van der Waals surface area contributed by atoms with Crippen molar-refractivity contribution in [2.45, 2.75) is 32.7 Å². The molecule has 0 fully saturated rings. The van der Waals surface area contributed by atoms with Gasteiger partial charge in [0.25, 0.3) is 0 Å². The van der Waals surface area contributed by atoms with Gasteiger partial charge in [0.05, 0.1) is 19.8 Å². The molecule has 0 saturated carbocycles. The lowest BCUT2D eigenvalue weighted by Gasteiger charge is -2.22. The van der Waals surface area contributed by atoms with Crippen molar-refractivity contribution in [1.82, 2.24) is 0 Å². The highest BCUT2D eigenvalue weighted by Crippen LogP contribution is 2.35. The van der Waals surface area contributed by atoms with Crippen LogP contribution in [0.15, 0.2) is 41.6 Å². The molecule has 1 unspecified atom stereocenters. The zero-order valence-corrected chi connectivity index (χ0v) is 18.7. The third-order valence-electron chi connectivity index (χ3n) is 4.60. The van der Waals surface area contributed by atoms with E-state index >= 15 is 4.39 Å². The number of nitrogens with zero attached hydrogens (tertiary/aromatic N) is 1. The molecule has 0 saturated heterocycles. The highest BCUT2D eigenvalue weighted by molar-refractivity contribution is 5.97. The number of hydrogen-bond acceptors (Lipinski definition) is 8. The van der Waals surface area contributed by atoms with Crippen LogP contribution in [0.2, 0.25) is 0 Å². The van der Waals surface area contributed by atoms with Crippen molar-refractivity contribution in [1.29, 1.82) is 0 Å². The van der Waals surface area contributed by atoms with Crippen LogP contribution >= 0.6 is 0 Å². The number of aliphatic hydroxyl groups is 1. The first-order valence-corrected chi connectivity index (χ1v) is 10.7. The first-order chi connectivity index (χ1) is 15.9. The van der Waals surface area contributed by atoms with E-state index in [-0.39, 0.29) is 49.3 Å². The van der Waals surface area contributed by atoms with Crippen molar-refractivity contribution in [3.05, 3.63) is 53.3 Å². The van der Waals surface area contributed by atoms with Crippen molar-refractivity contribution >= 4 is 17.5 Å². The van der Waals surface area contributed by atoms with E-state index < -0.39 is 17.8 Å². The van der Waals surface area contributed by atoms with Crippen LogP contribution in [0.5, 0.6) is 11.5 Å². The predicted molar refractivity (Wildman–Crippen MR) is 121 cm³/mol. The molecule has 0 bridgehead atoms. The van der Waals surface area contributed by atoms with Crippen LogP contribution in [0.1, 0.15) is 43.9 Å². The van der Waals surface area contributed by atoms with Gasteiger partial charge in [0.2, 0.25) is 0 Å². The lowest BCUT2D eigenvalue weighted by molar-refractivity contribution is -0.144. The number of nitrogens with one attached hydrogen (secondary N) is 1. The Hall–Kier alpha value is -3.53. The van der Waals surface area contributed by atoms with Gasteiger partial charge in [-0.05, 0) is 43.7 Å². The summed E-state index contributed by atoms with van der Waals surface area (Å²) in [6.07, 6.45) is 1.51. The normalized spacial score (nSPS) is 12.2. The molecule has 0 aliphatic rings. The molecule has 0 amide bonds. The Labute approximate surface area is 191 Å². The fourth-order valence-corrected chi connectivity index (χ4v) is 2.93. The Kier molecular flexibility index (Phi) is 10.2. The molecular weight excluding hydrogens is 433 g/mol. The third kappa shape index (κ3) is 7.25. The minimum atomic E-state index is -1.18. The van der Waals surface area contributed by atoms with Crippen molar-refractivity contribution in [2.75, 3.05) is 31.7 Å². The number of benzene rings is 2. The van der Waals surface area contributed by atoms with Crippen LogP contribution in [0.3, 0.4) is 0 Å². The van der Waals surface area contributed by atoms with Crippen molar-refractivity contribution in [3.8, 4) is 11.5 Å². The predicted octanol–water partition coefficient (Wildman–Crippen LogP) is 3.19. The van der Waals surface area contributed by atoms with Crippen LogP contribution < -0.4 is 20.5 Å². The molecule has 0 radical (unpaired) electrons. The molecule has 5 N–H and O–H groups in total. The molecule has 0 aliphatic heterocycles. The van der Waals surface area contributed by atoms with Gasteiger partial charge in [-0.2, -0.15) is 0 Å². The third-order valence-corrected chi connectivity index (χ3v) is 4.60. The number of rotatable bonds is 13. The van der Waals surface area contributed by atoms with Gasteiger partial charge in [0.1, 0.15) is 12.4 Å². The second kappa shape index (κ2) is 13.1. The highest BCUT2D eigenvalue weighted by Gasteiger charge is 2.27. The van der Waals surface area contributed by atoms with Crippen LogP contribution in [0.4, 0.5) is 10.1 Å². The van der Waals surface area contributed by atoms with Crippen molar-refractivity contribution in [2.24, 2.45) is 10.9 Å². The lowest BCUT2D eigenvalue weighted by Crippen LogP contribution is -2.25. The molecule has 1 atom stereocenters. The summed E-state index contributed by atoms with van der Waals surface area (Å²) in [6, 6.07) is 7.72. The maximum absolute atomic E-state index is 15.1. The van der Waals surface area contributed by atoms with Gasteiger partial charge in [-0.3, -0.25) is 0 Å². The minimum Gasteiger partial charge on any atom is -0.490 e. The number of nitrogens with two attached hydrogens (primary N) is 1. The van der Waals surface area contributed by atoms with E-state index in [0.717, 1.165) is 12.5 Å². The van der Waals surface area contributed by atoms with Gasteiger partial charge in [0.15, 0.2) is 23.4 Å². The summed E-state index contributed by atoms with van der Waals surface area (Å²) in [4.78, 5) is 12.9. The quantitative estimate of drug-likeness (QED) is 0.0888. The van der Waals surface area contributed by atoms with Gasteiger partial charge in [-0.15, -0.1) is 0 Å². The number of halogens is 1. The van der Waals surface area contributed by atoms with Crippen LogP contribution in [0, 0.1) is 5.82 Å². The molecule has 2 aromatic rings. The van der Waals surface area contributed by atoms with Crippen LogP contribution in [0.25, 0.3) is 0 Å². The summed E-state index contributed by atoms with van der Waals surface area (Å²) in [5.41, 5.74) is 6.55. The molecule has 10 heteroatoms. The van der Waals surface area contributed by atoms with E-state index in [0.29, 0.717) is 17.7 Å². The first-order valence-electron chi connectivity index (χ1n) is 10.7. The summed E-state index contributed by atoms with van der Waals surface area (Å²) in [6.45, 7) is 3.93. The Morgan fingerprint density at radius 2 is 1.85 bits per heavy atom. The topological polar surface area (TPSA) is 136 Å². The largest absolute Gasteiger partial charge is 0.490 e. The lowest BCUT2D eigenvalue weighted by atomic mass is 10.0. The SMILES string of the molecule is CCCCOC(=O)C(Nc1ccc(/C(N)=N/O)cc1)c1cc(OCC)c(OCCO)cc1F. The second-order valence-electron chi connectivity index (χ2n) is 6.99. The molecule has 180 valence electrons. The fourth-order valence-electron chi connectivity index (χ4n) is 2.93. The van der Waals surface area contributed by atoms with Crippen molar-refractivity contribution in [3.63, 3.8) is 0 Å². The van der Waals surface area contributed by atoms with Gasteiger partial charge in [-0.1, -0.05) is 18.5 Å². The number of aliphatic hydroxyl groups excluding tert-OH is 1. The maximum atomic E-state index is 15.1. The van der Waals surface area contributed by atoms with E-state index in [1.54, 1.807) is 31.2 Å². The number of carbonyl (C=O) groups is 1. The summed E-state index contributed by atoms with van der Waals surface area (Å²) in [5, 5.41) is 23.8. The molecule has 0 heterocycles. The van der Waals surface area contributed by atoms with E-state index in [2.05, 4.69) is 10.5 Å². The fraction of sp³-hybridized carbons (Fsp3) is 0.391. The van der Waals surface area contributed by atoms with Gasteiger partial charge < -0.3 is 35.6 Å². The zero-order valence-electron chi connectivity index (χ0n) is 18.7. The Morgan fingerprint density at radius 3 is 2.45 bits per heavy atom. The van der Waals surface area contributed by atoms with Gasteiger partial charge >= 0.3 is 5.97 Å². The summed E-state index contributed by atoms with van der Waals surface area (Å²) < 4.78 is 31.4. The van der Waals surface area contributed by atoms with Crippen LogP contribution in [-0.2, 0) is 9.53 Å². The number of ether oxygens (including phenoxy) is 3. The zero-order chi connectivity index (χ0) is 24.2. The standard InChI is InChI=1S/C23H30FN3O6/c1-3-5-11-33-23(29)21(26-16-8-6-15(7-9-16)22(25)27-30)17-13-19(31-4-2)20(14-18(17)24)32-12-10-28/h6-9,13-14,21,26,28,30H,3-5,10-12H2,1-2H3,(H2,25,27). The number of esters is 1. The van der Waals surface area contributed by atoms with E-state index in [1.807, 2.05) is 6.92 Å². The molecule has 2 aromatic carbocycles. The van der Waals surface area contributed by atoms with E-state index in [4.69, 9.17) is 30.3 Å². The van der Waals surface area contributed by atoms with E-state index in [9.17, 15) is 4.79 Å². The monoisotopic (exact) mass is 463 g/mol. The van der Waals surface area contributed by atoms with Crippen LogP contribution in [-0.4, -0.2) is 48.5 Å². The average Bonchev–Trinajstić information content (AvgIpc) is 2.82. The molecule has 2 rings (SSSR count).